The van der Waals surface area contributed by atoms with E-state index in [0.29, 0.717) is 0 Å². The first-order chi connectivity index (χ1) is 11.7. The van der Waals surface area contributed by atoms with Crippen molar-refractivity contribution in [3.8, 4) is 16.9 Å². The maximum atomic E-state index is 5.34. The molecule has 1 aromatic heterocycles. The Balaban J connectivity index is 2.05. The quantitative estimate of drug-likeness (QED) is 0.615. The molecule has 0 atom stereocenters. The van der Waals surface area contributed by atoms with Gasteiger partial charge in [-0.3, -0.25) is 0 Å². The average molecular weight is 338 g/mol. The van der Waals surface area contributed by atoms with Gasteiger partial charge in [-0.1, -0.05) is 30.3 Å². The van der Waals surface area contributed by atoms with Crippen molar-refractivity contribution in [2.45, 2.75) is 5.03 Å². The van der Waals surface area contributed by atoms with Crippen LogP contribution in [0.1, 0.15) is 0 Å². The number of nitrogens with zero attached hydrogens (tertiary/aromatic N) is 2. The second-order valence-electron chi connectivity index (χ2n) is 5.92. The van der Waals surface area contributed by atoms with E-state index in [1.807, 2.05) is 18.2 Å². The van der Waals surface area contributed by atoms with Crippen LogP contribution in [0.15, 0.2) is 59.6 Å². The summed E-state index contributed by atoms with van der Waals surface area (Å²) in [5.41, 5.74) is 3.37. The van der Waals surface area contributed by atoms with Crippen molar-refractivity contribution in [3.63, 3.8) is 0 Å². The van der Waals surface area contributed by atoms with E-state index in [-0.39, 0.29) is 0 Å². The fraction of sp³-hybridized carbons (Fsp3) is 0.250. The zero-order chi connectivity index (χ0) is 16.9. The van der Waals surface area contributed by atoms with Gasteiger partial charge in [0.1, 0.15) is 10.8 Å². The fourth-order valence-corrected chi connectivity index (χ4v) is 3.66. The van der Waals surface area contributed by atoms with Gasteiger partial charge >= 0.3 is 0 Å². The van der Waals surface area contributed by atoms with Crippen LogP contribution in [0.3, 0.4) is 0 Å². The Labute approximate surface area is 147 Å². The summed E-state index contributed by atoms with van der Waals surface area (Å²) in [5.74, 6) is 1.85. The normalized spacial score (nSPS) is 11.2. The molecule has 0 N–H and O–H groups in total. The standard InChI is InChI=1S/C20H22N2OS/c1-22(2)11-12-24-20-18(15-7-5-4-6-8-15)13-16-9-10-17(23-3)14-19(16)21-20/h4-10,13-14H,11-12H2,1-3H3. The monoisotopic (exact) mass is 338 g/mol. The first kappa shape index (κ1) is 16.8. The number of rotatable bonds is 6. The predicted molar refractivity (Wildman–Crippen MR) is 103 cm³/mol. The lowest BCUT2D eigenvalue weighted by Crippen LogP contribution is -2.14. The van der Waals surface area contributed by atoms with Crippen molar-refractivity contribution in [3.05, 3.63) is 54.6 Å². The second kappa shape index (κ2) is 7.69. The molecule has 1 heterocycles. The van der Waals surface area contributed by atoms with Crippen LogP contribution in [0, 0.1) is 0 Å². The summed E-state index contributed by atoms with van der Waals surface area (Å²) in [5, 5.41) is 2.20. The third kappa shape index (κ3) is 3.89. The Morgan fingerprint density at radius 2 is 1.83 bits per heavy atom. The molecule has 0 aliphatic rings. The van der Waals surface area contributed by atoms with Gasteiger partial charge in [0.25, 0.3) is 0 Å². The minimum absolute atomic E-state index is 0.840. The molecule has 3 nitrogen and oxygen atoms in total. The number of aromatic nitrogens is 1. The van der Waals surface area contributed by atoms with E-state index >= 15 is 0 Å². The fourth-order valence-electron chi connectivity index (χ4n) is 2.52. The van der Waals surface area contributed by atoms with Gasteiger partial charge in [-0.15, -0.1) is 11.8 Å². The van der Waals surface area contributed by atoms with Crippen LogP contribution in [0.2, 0.25) is 0 Å². The van der Waals surface area contributed by atoms with Gasteiger partial charge in [0.2, 0.25) is 0 Å². The van der Waals surface area contributed by atoms with E-state index in [4.69, 9.17) is 9.72 Å². The molecule has 24 heavy (non-hydrogen) atoms. The highest BCUT2D eigenvalue weighted by Crippen LogP contribution is 2.33. The Morgan fingerprint density at radius 1 is 1.04 bits per heavy atom. The number of fused-ring (bicyclic) bond motifs is 1. The minimum Gasteiger partial charge on any atom is -0.497 e. The Hall–Kier alpha value is -2.04. The maximum absolute atomic E-state index is 5.34. The molecule has 0 fully saturated rings. The summed E-state index contributed by atoms with van der Waals surface area (Å²) < 4.78 is 5.34. The van der Waals surface area contributed by atoms with E-state index in [0.717, 1.165) is 34.0 Å². The summed E-state index contributed by atoms with van der Waals surface area (Å²) in [7, 11) is 5.88. The number of thioether (sulfide) groups is 1. The van der Waals surface area contributed by atoms with Crippen LogP contribution < -0.4 is 4.74 Å². The molecule has 4 heteroatoms. The molecule has 0 aliphatic heterocycles. The van der Waals surface area contributed by atoms with Crippen LogP contribution >= 0.6 is 11.8 Å². The molecule has 0 amide bonds. The third-order valence-electron chi connectivity index (χ3n) is 3.85. The molecule has 0 spiro atoms. The van der Waals surface area contributed by atoms with Crippen molar-refractivity contribution in [2.24, 2.45) is 0 Å². The van der Waals surface area contributed by atoms with Gasteiger partial charge < -0.3 is 9.64 Å². The van der Waals surface area contributed by atoms with Crippen molar-refractivity contribution in [2.75, 3.05) is 33.5 Å². The minimum atomic E-state index is 0.840. The number of pyridine rings is 1. The lowest BCUT2D eigenvalue weighted by molar-refractivity contribution is 0.415. The Bertz CT molecular complexity index is 818. The number of ether oxygens (including phenoxy) is 1. The molecule has 2 aromatic carbocycles. The molecule has 3 rings (SSSR count). The number of hydrogen-bond donors (Lipinski definition) is 0. The highest BCUT2D eigenvalue weighted by molar-refractivity contribution is 7.99. The second-order valence-corrected chi connectivity index (χ2v) is 7.00. The summed E-state index contributed by atoms with van der Waals surface area (Å²) >= 11 is 1.80. The molecule has 0 bridgehead atoms. The average Bonchev–Trinajstić information content (AvgIpc) is 2.61. The summed E-state index contributed by atoms with van der Waals surface area (Å²) in [6.45, 7) is 1.02. The highest BCUT2D eigenvalue weighted by Gasteiger charge is 2.10. The van der Waals surface area contributed by atoms with Gasteiger partial charge in [-0.05, 0) is 37.9 Å². The molecular weight excluding hydrogens is 316 g/mol. The van der Waals surface area contributed by atoms with E-state index < -0.39 is 0 Å². The van der Waals surface area contributed by atoms with Crippen LogP contribution in [0.5, 0.6) is 5.75 Å². The highest BCUT2D eigenvalue weighted by atomic mass is 32.2. The lowest BCUT2D eigenvalue weighted by Gasteiger charge is -2.13. The molecular formula is C20H22N2OS. The maximum Gasteiger partial charge on any atom is 0.121 e. The van der Waals surface area contributed by atoms with Crippen LogP contribution in [-0.4, -0.2) is 43.4 Å². The molecule has 0 radical (unpaired) electrons. The van der Waals surface area contributed by atoms with Crippen molar-refractivity contribution in [1.82, 2.24) is 9.88 Å². The van der Waals surface area contributed by atoms with Gasteiger partial charge in [-0.2, -0.15) is 0 Å². The van der Waals surface area contributed by atoms with E-state index in [9.17, 15) is 0 Å². The summed E-state index contributed by atoms with van der Waals surface area (Å²) in [6.07, 6.45) is 0. The van der Waals surface area contributed by atoms with E-state index in [1.165, 1.54) is 11.1 Å². The SMILES string of the molecule is COc1ccc2cc(-c3ccccc3)c(SCCN(C)C)nc2c1. The zero-order valence-electron chi connectivity index (χ0n) is 14.3. The molecule has 3 aromatic rings. The summed E-state index contributed by atoms with van der Waals surface area (Å²) in [6, 6.07) is 18.8. The number of benzene rings is 2. The van der Waals surface area contributed by atoms with Crippen LogP contribution in [0.25, 0.3) is 22.0 Å². The van der Waals surface area contributed by atoms with Crippen molar-refractivity contribution < 1.29 is 4.74 Å². The Kier molecular flexibility index (Phi) is 5.38. The molecule has 0 saturated heterocycles. The van der Waals surface area contributed by atoms with Gasteiger partial charge in [0.15, 0.2) is 0 Å². The van der Waals surface area contributed by atoms with Gasteiger partial charge in [-0.25, -0.2) is 4.98 Å². The first-order valence-corrected chi connectivity index (χ1v) is 8.97. The molecule has 124 valence electrons. The first-order valence-electron chi connectivity index (χ1n) is 7.99. The lowest BCUT2D eigenvalue weighted by atomic mass is 10.1. The van der Waals surface area contributed by atoms with Crippen molar-refractivity contribution >= 4 is 22.7 Å². The van der Waals surface area contributed by atoms with E-state index in [1.54, 1.807) is 18.9 Å². The molecule has 0 unspecified atom stereocenters. The van der Waals surface area contributed by atoms with Crippen LogP contribution in [0.4, 0.5) is 0 Å². The third-order valence-corrected chi connectivity index (χ3v) is 4.82. The predicted octanol–water partition coefficient (Wildman–Crippen LogP) is 4.56. The smallest absolute Gasteiger partial charge is 0.121 e. The van der Waals surface area contributed by atoms with Crippen molar-refractivity contribution in [1.29, 1.82) is 0 Å². The topological polar surface area (TPSA) is 25.4 Å². The molecule has 0 saturated carbocycles. The molecule has 0 aliphatic carbocycles. The number of methoxy groups -OCH3 is 1. The van der Waals surface area contributed by atoms with Crippen LogP contribution in [-0.2, 0) is 0 Å². The number of hydrogen-bond acceptors (Lipinski definition) is 4. The largest absolute Gasteiger partial charge is 0.497 e. The zero-order valence-corrected chi connectivity index (χ0v) is 15.1. The van der Waals surface area contributed by atoms with Gasteiger partial charge in [0, 0.05) is 29.3 Å². The van der Waals surface area contributed by atoms with Gasteiger partial charge in [0.05, 0.1) is 12.6 Å². The Morgan fingerprint density at radius 3 is 2.54 bits per heavy atom. The summed E-state index contributed by atoms with van der Waals surface area (Å²) in [4.78, 5) is 7.12. The van der Waals surface area contributed by atoms with E-state index in [2.05, 4.69) is 55.4 Å².